The first-order valence-electron chi connectivity index (χ1n) is 6.56. The molecular weight excluding hydrogens is 226 g/mol. The molecule has 1 aromatic carbocycles. The van der Waals surface area contributed by atoms with Crippen LogP contribution in [0.2, 0.25) is 0 Å². The number of amides is 2. The number of rotatable bonds is 5. The van der Waals surface area contributed by atoms with Crippen LogP contribution in [-0.4, -0.2) is 25.7 Å². The highest BCUT2D eigenvalue weighted by Crippen LogP contribution is 2.21. The molecule has 1 aromatic rings. The molecule has 1 saturated heterocycles. The maximum absolute atomic E-state index is 11.6. The third kappa shape index (κ3) is 3.15. The smallest absolute Gasteiger partial charge is 0.321 e. The number of anilines is 2. The Morgan fingerprint density at radius 3 is 2.94 bits per heavy atom. The minimum absolute atomic E-state index is 0.00525. The zero-order valence-electron chi connectivity index (χ0n) is 11.1. The Hall–Kier alpha value is -1.71. The van der Waals surface area contributed by atoms with E-state index in [0.29, 0.717) is 5.92 Å². The number of urea groups is 1. The summed E-state index contributed by atoms with van der Waals surface area (Å²) >= 11 is 0. The molecule has 2 amide bonds. The van der Waals surface area contributed by atoms with Crippen molar-refractivity contribution in [3.63, 3.8) is 0 Å². The van der Waals surface area contributed by atoms with Crippen LogP contribution in [0.25, 0.3) is 0 Å². The molecule has 4 nitrogen and oxygen atoms in total. The van der Waals surface area contributed by atoms with Crippen LogP contribution < -0.4 is 15.5 Å². The van der Waals surface area contributed by atoms with Crippen molar-refractivity contribution in [2.45, 2.75) is 20.3 Å². The summed E-state index contributed by atoms with van der Waals surface area (Å²) in [5, 5.41) is 6.21. The van der Waals surface area contributed by atoms with E-state index in [0.717, 1.165) is 37.4 Å². The normalized spacial score (nSPS) is 15.1. The van der Waals surface area contributed by atoms with Crippen molar-refractivity contribution >= 4 is 17.4 Å². The summed E-state index contributed by atoms with van der Waals surface area (Å²) in [5.41, 5.74) is 2.03. The van der Waals surface area contributed by atoms with Crippen LogP contribution >= 0.6 is 0 Å². The Morgan fingerprint density at radius 1 is 1.44 bits per heavy atom. The standard InChI is InChI=1S/C14H21N3O/c1-11(2)6-7-15-12-4-3-5-13(10-12)17-9-8-16-14(17)18/h3-5,10-11,15H,6-9H2,1-2H3,(H,16,18). The number of carbonyl (C=O) groups is 1. The number of hydrogen-bond donors (Lipinski definition) is 2. The molecule has 0 bridgehead atoms. The fourth-order valence-corrected chi connectivity index (χ4v) is 2.01. The molecule has 2 N–H and O–H groups in total. The van der Waals surface area contributed by atoms with Crippen molar-refractivity contribution in [3.05, 3.63) is 24.3 Å². The number of nitrogens with one attached hydrogen (secondary N) is 2. The molecule has 4 heteroatoms. The Balaban J connectivity index is 1.98. The van der Waals surface area contributed by atoms with Gasteiger partial charge in [0.25, 0.3) is 0 Å². The molecule has 98 valence electrons. The minimum atomic E-state index is -0.00525. The fourth-order valence-electron chi connectivity index (χ4n) is 2.01. The summed E-state index contributed by atoms with van der Waals surface area (Å²) in [6.07, 6.45) is 1.15. The van der Waals surface area contributed by atoms with Gasteiger partial charge in [-0.25, -0.2) is 4.79 Å². The topological polar surface area (TPSA) is 44.4 Å². The Kier molecular flexibility index (Phi) is 4.07. The van der Waals surface area contributed by atoms with Crippen LogP contribution in [0.5, 0.6) is 0 Å². The number of benzene rings is 1. The predicted molar refractivity (Wildman–Crippen MR) is 75.1 cm³/mol. The van der Waals surface area contributed by atoms with Crippen molar-refractivity contribution in [2.75, 3.05) is 29.9 Å². The molecule has 0 aromatic heterocycles. The van der Waals surface area contributed by atoms with Crippen LogP contribution in [0, 0.1) is 5.92 Å². The highest BCUT2D eigenvalue weighted by Gasteiger charge is 2.20. The highest BCUT2D eigenvalue weighted by molar-refractivity contribution is 5.94. The summed E-state index contributed by atoms with van der Waals surface area (Å²) in [5.74, 6) is 0.699. The molecule has 18 heavy (non-hydrogen) atoms. The first-order valence-corrected chi connectivity index (χ1v) is 6.56. The maximum Gasteiger partial charge on any atom is 0.321 e. The van der Waals surface area contributed by atoms with Gasteiger partial charge in [-0.1, -0.05) is 19.9 Å². The monoisotopic (exact) mass is 247 g/mol. The molecule has 2 rings (SSSR count). The molecule has 0 atom stereocenters. The number of hydrogen-bond acceptors (Lipinski definition) is 2. The van der Waals surface area contributed by atoms with Gasteiger partial charge >= 0.3 is 6.03 Å². The van der Waals surface area contributed by atoms with E-state index in [4.69, 9.17) is 0 Å². The molecule has 0 unspecified atom stereocenters. The van der Waals surface area contributed by atoms with Crippen LogP contribution in [0.1, 0.15) is 20.3 Å². The third-order valence-corrected chi connectivity index (χ3v) is 3.07. The molecule has 1 fully saturated rings. The van der Waals surface area contributed by atoms with E-state index in [2.05, 4.69) is 24.5 Å². The third-order valence-electron chi connectivity index (χ3n) is 3.07. The zero-order chi connectivity index (χ0) is 13.0. The predicted octanol–water partition coefficient (Wildman–Crippen LogP) is 2.67. The van der Waals surface area contributed by atoms with Crippen LogP contribution in [0.3, 0.4) is 0 Å². The number of nitrogens with zero attached hydrogens (tertiary/aromatic N) is 1. The molecule has 0 radical (unpaired) electrons. The van der Waals surface area contributed by atoms with Gasteiger partial charge in [-0.15, -0.1) is 0 Å². The van der Waals surface area contributed by atoms with Gasteiger partial charge in [0.1, 0.15) is 0 Å². The van der Waals surface area contributed by atoms with Crippen molar-refractivity contribution in [1.82, 2.24) is 5.32 Å². The van der Waals surface area contributed by atoms with Gasteiger partial charge in [0, 0.05) is 31.0 Å². The second-order valence-corrected chi connectivity index (χ2v) is 5.04. The van der Waals surface area contributed by atoms with E-state index in [1.54, 1.807) is 4.90 Å². The van der Waals surface area contributed by atoms with Gasteiger partial charge in [0.15, 0.2) is 0 Å². The molecule has 1 heterocycles. The van der Waals surface area contributed by atoms with E-state index in [-0.39, 0.29) is 6.03 Å². The average molecular weight is 247 g/mol. The first-order chi connectivity index (χ1) is 8.66. The van der Waals surface area contributed by atoms with Crippen LogP contribution in [-0.2, 0) is 0 Å². The summed E-state index contributed by atoms with van der Waals surface area (Å²) in [7, 11) is 0. The summed E-state index contributed by atoms with van der Waals surface area (Å²) in [6.45, 7) is 6.87. The van der Waals surface area contributed by atoms with Gasteiger partial charge in [-0.2, -0.15) is 0 Å². The quantitative estimate of drug-likeness (QED) is 0.840. The summed E-state index contributed by atoms with van der Waals surface area (Å²) in [4.78, 5) is 13.4. The van der Waals surface area contributed by atoms with Crippen molar-refractivity contribution in [3.8, 4) is 0 Å². The van der Waals surface area contributed by atoms with Crippen molar-refractivity contribution in [2.24, 2.45) is 5.92 Å². The summed E-state index contributed by atoms with van der Waals surface area (Å²) in [6, 6.07) is 8.02. The van der Waals surface area contributed by atoms with Crippen LogP contribution in [0.4, 0.5) is 16.2 Å². The Morgan fingerprint density at radius 2 is 2.28 bits per heavy atom. The van der Waals surface area contributed by atoms with Crippen molar-refractivity contribution in [1.29, 1.82) is 0 Å². The second-order valence-electron chi connectivity index (χ2n) is 5.04. The number of carbonyl (C=O) groups excluding carboxylic acids is 1. The lowest BCUT2D eigenvalue weighted by atomic mass is 10.1. The largest absolute Gasteiger partial charge is 0.385 e. The lowest BCUT2D eigenvalue weighted by Gasteiger charge is -2.16. The van der Waals surface area contributed by atoms with Gasteiger partial charge < -0.3 is 10.6 Å². The van der Waals surface area contributed by atoms with Gasteiger partial charge in [0.05, 0.1) is 0 Å². The minimum Gasteiger partial charge on any atom is -0.385 e. The SMILES string of the molecule is CC(C)CCNc1cccc(N2CCNC2=O)c1. The van der Waals surface area contributed by atoms with E-state index in [1.807, 2.05) is 24.3 Å². The van der Waals surface area contributed by atoms with E-state index < -0.39 is 0 Å². The lowest BCUT2D eigenvalue weighted by Crippen LogP contribution is -2.27. The maximum atomic E-state index is 11.6. The molecule has 0 spiro atoms. The van der Waals surface area contributed by atoms with E-state index in [9.17, 15) is 4.79 Å². The second kappa shape index (κ2) is 5.76. The van der Waals surface area contributed by atoms with Gasteiger partial charge in [0.2, 0.25) is 0 Å². The van der Waals surface area contributed by atoms with Crippen molar-refractivity contribution < 1.29 is 4.79 Å². The van der Waals surface area contributed by atoms with E-state index in [1.165, 1.54) is 0 Å². The first kappa shape index (κ1) is 12.7. The lowest BCUT2D eigenvalue weighted by molar-refractivity contribution is 0.252. The van der Waals surface area contributed by atoms with E-state index >= 15 is 0 Å². The Bertz CT molecular complexity index is 417. The van der Waals surface area contributed by atoms with Gasteiger partial charge in [-0.3, -0.25) is 4.90 Å². The Labute approximate surface area is 108 Å². The summed E-state index contributed by atoms with van der Waals surface area (Å²) < 4.78 is 0. The average Bonchev–Trinajstić information content (AvgIpc) is 2.75. The molecule has 0 saturated carbocycles. The molecule has 0 aliphatic carbocycles. The molecule has 1 aliphatic rings. The van der Waals surface area contributed by atoms with Gasteiger partial charge in [-0.05, 0) is 30.5 Å². The van der Waals surface area contributed by atoms with Crippen LogP contribution in [0.15, 0.2) is 24.3 Å². The fraction of sp³-hybridized carbons (Fsp3) is 0.500. The molecule has 1 aliphatic heterocycles. The zero-order valence-corrected chi connectivity index (χ0v) is 11.1. The molecular formula is C14H21N3O. The highest BCUT2D eigenvalue weighted by atomic mass is 16.2.